The Labute approximate surface area is 150 Å². The first-order valence-electron chi connectivity index (χ1n) is 7.22. The lowest BCUT2D eigenvalue weighted by atomic mass is 10.1. The van der Waals surface area contributed by atoms with E-state index >= 15 is 0 Å². The summed E-state index contributed by atoms with van der Waals surface area (Å²) in [5.41, 5.74) is 3.37. The van der Waals surface area contributed by atoms with Crippen LogP contribution in [0.15, 0.2) is 58.2 Å². The molecule has 0 bridgehead atoms. The van der Waals surface area contributed by atoms with Crippen molar-refractivity contribution in [3.63, 3.8) is 0 Å². The Bertz CT molecular complexity index is 1020. The summed E-state index contributed by atoms with van der Waals surface area (Å²) >= 11 is 4.96. The first-order valence-corrected chi connectivity index (χ1v) is 8.83. The molecule has 0 unspecified atom stereocenters. The second-order valence-electron chi connectivity index (χ2n) is 5.26. The highest BCUT2D eigenvalue weighted by Crippen LogP contribution is 2.37. The Kier molecular flexibility index (Phi) is 3.74. The number of hydrogen-bond acceptors (Lipinski definition) is 5. The van der Waals surface area contributed by atoms with Crippen molar-refractivity contribution >= 4 is 43.2 Å². The molecule has 0 aliphatic carbocycles. The number of benzene rings is 2. The van der Waals surface area contributed by atoms with E-state index in [1.54, 1.807) is 11.6 Å². The average molecular weight is 399 g/mol. The van der Waals surface area contributed by atoms with Gasteiger partial charge in [-0.1, -0.05) is 51.5 Å². The molecule has 118 valence electrons. The molecule has 7 heteroatoms. The molecule has 24 heavy (non-hydrogen) atoms. The van der Waals surface area contributed by atoms with Crippen molar-refractivity contribution in [2.75, 3.05) is 0 Å². The first kappa shape index (κ1) is 15.2. The molecule has 0 N–H and O–H groups in total. The minimum Gasteiger partial charge on any atom is -0.218 e. The molecule has 0 saturated carbocycles. The quantitative estimate of drug-likeness (QED) is 0.420. The highest BCUT2D eigenvalue weighted by molar-refractivity contribution is 9.10. The fraction of sp³-hybridized carbons (Fsp3) is 0.0588. The van der Waals surface area contributed by atoms with Crippen LogP contribution in [0.1, 0.15) is 5.69 Å². The Morgan fingerprint density at radius 2 is 1.88 bits per heavy atom. The van der Waals surface area contributed by atoms with Gasteiger partial charge in [-0.15, -0.1) is 4.91 Å². The highest BCUT2D eigenvalue weighted by Gasteiger charge is 2.21. The molecule has 2 heterocycles. The molecule has 4 rings (SSSR count). The summed E-state index contributed by atoms with van der Waals surface area (Å²) in [6, 6.07) is 15.6. The van der Waals surface area contributed by atoms with Crippen LogP contribution in [0, 0.1) is 11.8 Å². The number of fused-ring (bicyclic) bond motifs is 1. The van der Waals surface area contributed by atoms with E-state index in [-0.39, 0.29) is 0 Å². The molecule has 0 atom stereocenters. The molecule has 0 aliphatic heterocycles. The predicted octanol–water partition coefficient (Wildman–Crippen LogP) is 5.62. The van der Waals surface area contributed by atoms with Gasteiger partial charge in [-0.05, 0) is 36.4 Å². The minimum absolute atomic E-state index is 0.344. The normalized spacial score (nSPS) is 11.1. The summed E-state index contributed by atoms with van der Waals surface area (Å²) < 4.78 is 3.75. The van der Waals surface area contributed by atoms with Crippen molar-refractivity contribution in [1.82, 2.24) is 14.8 Å². The van der Waals surface area contributed by atoms with Gasteiger partial charge in [0.1, 0.15) is 5.69 Å². The zero-order valence-corrected chi connectivity index (χ0v) is 15.0. The summed E-state index contributed by atoms with van der Waals surface area (Å²) in [5, 5.41) is 8.42. The third kappa shape index (κ3) is 2.46. The van der Waals surface area contributed by atoms with E-state index in [0.29, 0.717) is 22.2 Å². The van der Waals surface area contributed by atoms with Crippen molar-refractivity contribution in [1.29, 1.82) is 0 Å². The summed E-state index contributed by atoms with van der Waals surface area (Å²) in [6.45, 7) is 1.78. The van der Waals surface area contributed by atoms with Crippen LogP contribution in [0.4, 0.5) is 5.69 Å². The number of aryl methyl sites for hydroxylation is 1. The van der Waals surface area contributed by atoms with Crippen LogP contribution in [0.25, 0.3) is 26.6 Å². The Morgan fingerprint density at radius 1 is 1.12 bits per heavy atom. The van der Waals surface area contributed by atoms with E-state index in [2.05, 4.69) is 31.2 Å². The molecule has 0 spiro atoms. The van der Waals surface area contributed by atoms with Gasteiger partial charge in [0.05, 0.1) is 15.9 Å². The van der Waals surface area contributed by atoms with Gasteiger partial charge in [-0.25, -0.2) is 9.67 Å². The van der Waals surface area contributed by atoms with E-state index in [1.807, 2.05) is 48.5 Å². The Balaban J connectivity index is 1.98. The van der Waals surface area contributed by atoms with Gasteiger partial charge >= 0.3 is 0 Å². The molecule has 5 nitrogen and oxygen atoms in total. The van der Waals surface area contributed by atoms with E-state index in [9.17, 15) is 4.91 Å². The Morgan fingerprint density at radius 3 is 2.58 bits per heavy atom. The van der Waals surface area contributed by atoms with E-state index in [4.69, 9.17) is 0 Å². The van der Waals surface area contributed by atoms with Crippen LogP contribution in [-0.4, -0.2) is 14.8 Å². The van der Waals surface area contributed by atoms with Crippen LogP contribution in [0.3, 0.4) is 0 Å². The number of hydrogen-bond donors (Lipinski definition) is 0. The third-order valence-electron chi connectivity index (χ3n) is 3.70. The van der Waals surface area contributed by atoms with Gasteiger partial charge in [-0.3, -0.25) is 0 Å². The molecule has 2 aromatic carbocycles. The minimum atomic E-state index is 0.344. The smallest absolute Gasteiger partial charge is 0.212 e. The predicted molar refractivity (Wildman–Crippen MR) is 100 cm³/mol. The van der Waals surface area contributed by atoms with Gasteiger partial charge in [0.25, 0.3) is 0 Å². The van der Waals surface area contributed by atoms with E-state index in [1.165, 1.54) is 11.3 Å². The maximum Gasteiger partial charge on any atom is 0.212 e. The van der Waals surface area contributed by atoms with Crippen molar-refractivity contribution in [3.8, 4) is 16.4 Å². The molecule has 2 aromatic heterocycles. The van der Waals surface area contributed by atoms with Gasteiger partial charge in [-0.2, -0.15) is 5.10 Å². The first-order chi connectivity index (χ1) is 11.7. The van der Waals surface area contributed by atoms with Crippen molar-refractivity contribution < 1.29 is 0 Å². The van der Waals surface area contributed by atoms with Gasteiger partial charge in [0.2, 0.25) is 5.13 Å². The second kappa shape index (κ2) is 5.92. The molecular weight excluding hydrogens is 388 g/mol. The van der Waals surface area contributed by atoms with Gasteiger partial charge < -0.3 is 0 Å². The number of nitroso groups, excluding NO2 is 1. The van der Waals surface area contributed by atoms with Crippen molar-refractivity contribution in [3.05, 3.63) is 63.6 Å². The zero-order valence-electron chi connectivity index (χ0n) is 12.6. The molecule has 0 saturated heterocycles. The fourth-order valence-corrected chi connectivity index (χ4v) is 3.77. The summed E-state index contributed by atoms with van der Waals surface area (Å²) in [6.07, 6.45) is 0. The number of rotatable bonds is 3. The maximum absolute atomic E-state index is 11.4. The standard InChI is InChI=1S/C17H11BrN4OS/c1-10-15(21-23)16(11-6-8-12(18)9-7-11)22(20-10)17-19-13-4-2-3-5-14(13)24-17/h2-9H,1H3. The molecule has 0 fully saturated rings. The van der Waals surface area contributed by atoms with Gasteiger partial charge in [0, 0.05) is 10.0 Å². The van der Waals surface area contributed by atoms with Crippen LogP contribution >= 0.6 is 27.3 Å². The number of nitrogens with zero attached hydrogens (tertiary/aromatic N) is 4. The third-order valence-corrected chi connectivity index (χ3v) is 5.24. The van der Waals surface area contributed by atoms with Crippen molar-refractivity contribution in [2.24, 2.45) is 5.18 Å². The SMILES string of the molecule is Cc1nn(-c2nc3ccccc3s2)c(-c2ccc(Br)cc2)c1N=O. The molecule has 0 aliphatic rings. The highest BCUT2D eigenvalue weighted by atomic mass is 79.9. The largest absolute Gasteiger partial charge is 0.218 e. The van der Waals surface area contributed by atoms with E-state index in [0.717, 1.165) is 20.3 Å². The lowest BCUT2D eigenvalue weighted by Crippen LogP contribution is -1.98. The summed E-state index contributed by atoms with van der Waals surface area (Å²) in [7, 11) is 0. The van der Waals surface area contributed by atoms with Gasteiger partial charge in [0.15, 0.2) is 5.69 Å². The topological polar surface area (TPSA) is 60.1 Å². The molecule has 0 amide bonds. The van der Waals surface area contributed by atoms with Crippen LogP contribution in [0.5, 0.6) is 0 Å². The summed E-state index contributed by atoms with van der Waals surface area (Å²) in [5.74, 6) is 0. The summed E-state index contributed by atoms with van der Waals surface area (Å²) in [4.78, 5) is 16.0. The second-order valence-corrected chi connectivity index (χ2v) is 7.18. The number of thiazole rings is 1. The maximum atomic E-state index is 11.4. The lowest BCUT2D eigenvalue weighted by molar-refractivity contribution is 0.862. The van der Waals surface area contributed by atoms with Crippen LogP contribution in [0.2, 0.25) is 0 Å². The number of halogens is 1. The number of para-hydroxylation sites is 1. The zero-order chi connectivity index (χ0) is 16.7. The molecular formula is C17H11BrN4OS. The van der Waals surface area contributed by atoms with Crippen LogP contribution < -0.4 is 0 Å². The molecule has 0 radical (unpaired) electrons. The van der Waals surface area contributed by atoms with E-state index < -0.39 is 0 Å². The number of aromatic nitrogens is 3. The van der Waals surface area contributed by atoms with Crippen molar-refractivity contribution in [2.45, 2.75) is 6.92 Å². The average Bonchev–Trinajstić information content (AvgIpc) is 3.16. The fourth-order valence-electron chi connectivity index (χ4n) is 2.58. The molecule has 4 aromatic rings. The monoisotopic (exact) mass is 398 g/mol. The Hall–Kier alpha value is -2.38. The van der Waals surface area contributed by atoms with Crippen LogP contribution in [-0.2, 0) is 0 Å². The lowest BCUT2D eigenvalue weighted by Gasteiger charge is -2.05.